The highest BCUT2D eigenvalue weighted by atomic mass is 35.5. The topological polar surface area (TPSA) is 46.2 Å². The molecule has 14 heavy (non-hydrogen) atoms. The second-order valence-corrected chi connectivity index (χ2v) is 4.38. The van der Waals surface area contributed by atoms with Crippen LogP contribution in [0.25, 0.3) is 0 Å². The van der Waals surface area contributed by atoms with Gasteiger partial charge >= 0.3 is 0 Å². The predicted octanol–water partition coefficient (Wildman–Crippen LogP) is 2.29. The van der Waals surface area contributed by atoms with Gasteiger partial charge in [-0.2, -0.15) is 0 Å². The summed E-state index contributed by atoms with van der Waals surface area (Å²) in [6.07, 6.45) is 0. The third kappa shape index (κ3) is 5.32. The molecule has 0 aromatic heterocycles. The van der Waals surface area contributed by atoms with E-state index in [1.807, 2.05) is 6.07 Å². The maximum atomic E-state index is 11.1. The Hall–Kier alpha value is -0.450. The highest BCUT2D eigenvalue weighted by Gasteiger charge is 2.04. The Morgan fingerprint density at radius 1 is 1.14 bits per heavy atom. The molecule has 1 rings (SSSR count). The summed E-state index contributed by atoms with van der Waals surface area (Å²) in [5.74, 6) is 0.0991. The van der Waals surface area contributed by atoms with Gasteiger partial charge in [0.1, 0.15) is 0 Å². The first-order valence-electron chi connectivity index (χ1n) is 3.69. The van der Waals surface area contributed by atoms with E-state index >= 15 is 0 Å². The molecule has 1 N–H and O–H groups in total. The Labute approximate surface area is 96.8 Å². The van der Waals surface area contributed by atoms with Crippen LogP contribution >= 0.6 is 24.8 Å². The lowest BCUT2D eigenvalue weighted by atomic mass is 10.3. The minimum absolute atomic E-state index is 0. The van der Waals surface area contributed by atoms with E-state index in [1.165, 1.54) is 0 Å². The number of nitrogens with one attached hydrogen (secondary N) is 1. The molecule has 0 aliphatic heterocycles. The minimum atomic E-state index is -3.12. The second-order valence-electron chi connectivity index (χ2n) is 2.37. The normalized spacial score (nSPS) is 9.50. The molecule has 0 amide bonds. The summed E-state index contributed by atoms with van der Waals surface area (Å²) in [4.78, 5) is 0. The summed E-state index contributed by atoms with van der Waals surface area (Å²) in [6, 6.07) is 8.84. The Morgan fingerprint density at radius 3 is 2.07 bits per heavy atom. The van der Waals surface area contributed by atoms with Crippen molar-refractivity contribution in [2.75, 3.05) is 10.5 Å². The zero-order valence-electron chi connectivity index (χ0n) is 7.64. The minimum Gasteiger partial charge on any atom is -0.284 e. The fourth-order valence-electron chi connectivity index (χ4n) is 0.758. The summed E-state index contributed by atoms with van der Waals surface area (Å²) < 4.78 is 24.6. The van der Waals surface area contributed by atoms with E-state index in [1.54, 1.807) is 31.2 Å². The van der Waals surface area contributed by atoms with Gasteiger partial charge in [-0.1, -0.05) is 18.2 Å². The fraction of sp³-hybridized carbons (Fsp3) is 0.250. The zero-order chi connectivity index (χ0) is 9.03. The summed E-state index contributed by atoms with van der Waals surface area (Å²) in [5.41, 5.74) is 0.611. The first kappa shape index (κ1) is 16.0. The van der Waals surface area contributed by atoms with Crippen LogP contribution in [0.2, 0.25) is 0 Å². The average Bonchev–Trinajstić information content (AvgIpc) is 2.06. The van der Waals surface area contributed by atoms with Crippen molar-refractivity contribution in [2.45, 2.75) is 6.92 Å². The van der Waals surface area contributed by atoms with Gasteiger partial charge in [0.25, 0.3) is 0 Å². The summed E-state index contributed by atoms with van der Waals surface area (Å²) >= 11 is 0. The van der Waals surface area contributed by atoms with Crippen LogP contribution in [-0.4, -0.2) is 14.2 Å². The number of benzene rings is 1. The molecule has 0 fully saturated rings. The lowest BCUT2D eigenvalue weighted by Crippen LogP contribution is -2.14. The summed E-state index contributed by atoms with van der Waals surface area (Å²) in [6.45, 7) is 1.60. The van der Waals surface area contributed by atoms with Crippen LogP contribution in [0.5, 0.6) is 0 Å². The highest BCUT2D eigenvalue weighted by molar-refractivity contribution is 7.92. The number of sulfonamides is 1. The molecule has 1 aromatic rings. The van der Waals surface area contributed by atoms with Gasteiger partial charge in [-0.05, 0) is 19.1 Å². The smallest absolute Gasteiger partial charge is 0.232 e. The molecule has 0 spiro atoms. The molecular weight excluding hydrogens is 245 g/mol. The standard InChI is InChI=1S/C8H11NO2S.2ClH/c1-2-12(10,11)9-8-6-4-3-5-7-8;;/h3-7,9H,2H2,1H3;2*1H. The number of para-hydroxylation sites is 1. The quantitative estimate of drug-likeness (QED) is 0.904. The van der Waals surface area contributed by atoms with E-state index in [0.29, 0.717) is 5.69 Å². The van der Waals surface area contributed by atoms with Crippen LogP contribution in [0, 0.1) is 0 Å². The molecule has 0 heterocycles. The Morgan fingerprint density at radius 2 is 1.64 bits per heavy atom. The maximum Gasteiger partial charge on any atom is 0.232 e. The third-order valence-electron chi connectivity index (χ3n) is 1.43. The molecule has 1 aromatic carbocycles. The van der Waals surface area contributed by atoms with Crippen molar-refractivity contribution in [1.82, 2.24) is 0 Å². The van der Waals surface area contributed by atoms with E-state index < -0.39 is 10.0 Å². The molecule has 0 saturated heterocycles. The number of hydrogen-bond acceptors (Lipinski definition) is 2. The Kier molecular flexibility index (Phi) is 7.91. The largest absolute Gasteiger partial charge is 0.284 e. The fourth-order valence-corrected chi connectivity index (χ4v) is 1.40. The van der Waals surface area contributed by atoms with Crippen LogP contribution in [0.4, 0.5) is 5.69 Å². The maximum absolute atomic E-state index is 11.1. The molecule has 0 aliphatic carbocycles. The van der Waals surface area contributed by atoms with Crippen molar-refractivity contribution in [2.24, 2.45) is 0 Å². The first-order valence-corrected chi connectivity index (χ1v) is 5.35. The SMILES string of the molecule is CCS(=O)(=O)Nc1ccccc1.Cl.Cl. The van der Waals surface area contributed by atoms with Gasteiger partial charge in [-0.3, -0.25) is 4.72 Å². The molecule has 0 bridgehead atoms. The molecule has 0 radical (unpaired) electrons. The molecule has 0 aliphatic rings. The van der Waals surface area contributed by atoms with E-state index in [2.05, 4.69) is 4.72 Å². The van der Waals surface area contributed by atoms with Crippen molar-refractivity contribution in [3.63, 3.8) is 0 Å². The van der Waals surface area contributed by atoms with Gasteiger partial charge in [-0.15, -0.1) is 24.8 Å². The zero-order valence-corrected chi connectivity index (χ0v) is 10.1. The van der Waals surface area contributed by atoms with E-state index in [4.69, 9.17) is 0 Å². The van der Waals surface area contributed by atoms with Crippen molar-refractivity contribution >= 4 is 40.5 Å². The lowest BCUT2D eigenvalue weighted by molar-refractivity contribution is 0.602. The van der Waals surface area contributed by atoms with E-state index in [9.17, 15) is 8.42 Å². The van der Waals surface area contributed by atoms with Gasteiger partial charge in [-0.25, -0.2) is 8.42 Å². The summed E-state index contributed by atoms with van der Waals surface area (Å²) in [5, 5.41) is 0. The van der Waals surface area contributed by atoms with Gasteiger partial charge in [0.15, 0.2) is 0 Å². The third-order valence-corrected chi connectivity index (χ3v) is 2.73. The van der Waals surface area contributed by atoms with Gasteiger partial charge < -0.3 is 0 Å². The Balaban J connectivity index is 0. The highest BCUT2D eigenvalue weighted by Crippen LogP contribution is 2.07. The van der Waals surface area contributed by atoms with Crippen molar-refractivity contribution < 1.29 is 8.42 Å². The van der Waals surface area contributed by atoms with Crippen LogP contribution in [0.1, 0.15) is 6.92 Å². The van der Waals surface area contributed by atoms with Crippen molar-refractivity contribution in [3.05, 3.63) is 30.3 Å². The van der Waals surface area contributed by atoms with Crippen molar-refractivity contribution in [1.29, 1.82) is 0 Å². The van der Waals surface area contributed by atoms with E-state index in [-0.39, 0.29) is 30.6 Å². The predicted molar refractivity (Wildman–Crippen MR) is 64.0 cm³/mol. The van der Waals surface area contributed by atoms with E-state index in [0.717, 1.165) is 0 Å². The first-order chi connectivity index (χ1) is 5.64. The molecule has 0 unspecified atom stereocenters. The number of hydrogen-bond donors (Lipinski definition) is 1. The van der Waals surface area contributed by atoms with Gasteiger partial charge in [0, 0.05) is 5.69 Å². The average molecular weight is 258 g/mol. The molecule has 3 nitrogen and oxygen atoms in total. The molecule has 0 saturated carbocycles. The van der Waals surface area contributed by atoms with Crippen LogP contribution < -0.4 is 4.72 Å². The van der Waals surface area contributed by atoms with Crippen LogP contribution in [0.15, 0.2) is 30.3 Å². The van der Waals surface area contributed by atoms with Crippen LogP contribution in [0.3, 0.4) is 0 Å². The summed E-state index contributed by atoms with van der Waals surface area (Å²) in [7, 11) is -3.12. The molecular formula is C8H13Cl2NO2S. The van der Waals surface area contributed by atoms with Crippen molar-refractivity contribution in [3.8, 4) is 0 Å². The second kappa shape index (κ2) is 6.92. The molecule has 82 valence electrons. The number of anilines is 1. The van der Waals surface area contributed by atoms with Gasteiger partial charge in [0.2, 0.25) is 10.0 Å². The number of halogens is 2. The molecule has 0 atom stereocenters. The lowest BCUT2D eigenvalue weighted by Gasteiger charge is -2.04. The van der Waals surface area contributed by atoms with Crippen LogP contribution in [-0.2, 0) is 10.0 Å². The monoisotopic (exact) mass is 257 g/mol. The Bertz CT molecular complexity index is 340. The van der Waals surface area contributed by atoms with Gasteiger partial charge in [0.05, 0.1) is 5.75 Å². The number of rotatable bonds is 3. The molecule has 6 heteroatoms.